The van der Waals surface area contributed by atoms with E-state index in [9.17, 15) is 13.2 Å². The van der Waals surface area contributed by atoms with Crippen molar-refractivity contribution in [2.24, 2.45) is 0 Å². The number of carbonyl (C=O) groups excluding carboxylic acids is 1. The summed E-state index contributed by atoms with van der Waals surface area (Å²) in [6, 6.07) is 6.00. The van der Waals surface area contributed by atoms with E-state index in [0.717, 1.165) is 25.7 Å². The zero-order valence-electron chi connectivity index (χ0n) is 16.1. The number of likely N-dealkylation sites (N-methyl/N-ethyl adjacent to an activating group) is 1. The van der Waals surface area contributed by atoms with Gasteiger partial charge in [-0.2, -0.15) is 4.72 Å². The molecular weight excluding hydrogens is 362 g/mol. The molecule has 148 valence electrons. The molecule has 0 bridgehead atoms. The van der Waals surface area contributed by atoms with E-state index in [1.54, 1.807) is 12.1 Å². The van der Waals surface area contributed by atoms with E-state index >= 15 is 0 Å². The molecule has 1 amide bonds. The van der Waals surface area contributed by atoms with Crippen molar-refractivity contribution in [1.82, 2.24) is 14.9 Å². The molecule has 0 heterocycles. The smallest absolute Gasteiger partial charge is 0.251 e. The molecule has 0 radical (unpaired) electrons. The molecule has 6 nitrogen and oxygen atoms in total. The first-order valence-electron chi connectivity index (χ1n) is 9.30. The summed E-state index contributed by atoms with van der Waals surface area (Å²) >= 11 is 0. The number of benzene rings is 1. The minimum Gasteiger partial charge on any atom is -0.350 e. The fraction of sp³-hybridized carbons (Fsp3) is 0.550. The lowest BCUT2D eigenvalue weighted by Crippen LogP contribution is -2.52. The van der Waals surface area contributed by atoms with Crippen LogP contribution in [0.5, 0.6) is 0 Å². The van der Waals surface area contributed by atoms with Crippen LogP contribution in [0.1, 0.15) is 48.9 Å². The standard InChI is InChI=1S/C20H29N3O3S/c1-4-14-22-27(25,26)18-11-9-10-17(15-18)19(24)21-16-20(23(2)3)12-7-5-6-8-13-20/h1,9-11,15,22H,5-8,12-14,16H2,2-3H3,(H,21,24). The van der Waals surface area contributed by atoms with Gasteiger partial charge >= 0.3 is 0 Å². The molecular formula is C20H29N3O3S. The maximum Gasteiger partial charge on any atom is 0.251 e. The number of hydrogen-bond donors (Lipinski definition) is 2. The number of hydrogen-bond acceptors (Lipinski definition) is 4. The summed E-state index contributed by atoms with van der Waals surface area (Å²) in [5.74, 6) is 1.96. The number of rotatable bonds is 7. The van der Waals surface area contributed by atoms with Gasteiger partial charge in [-0.25, -0.2) is 8.42 Å². The highest BCUT2D eigenvalue weighted by Crippen LogP contribution is 2.30. The van der Waals surface area contributed by atoms with Crippen LogP contribution in [0.2, 0.25) is 0 Å². The molecule has 2 rings (SSSR count). The van der Waals surface area contributed by atoms with Crippen molar-refractivity contribution in [3.8, 4) is 12.3 Å². The van der Waals surface area contributed by atoms with Crippen LogP contribution in [-0.2, 0) is 10.0 Å². The minimum absolute atomic E-state index is 0.0298. The molecule has 0 saturated heterocycles. The molecule has 1 aliphatic carbocycles. The third-order valence-corrected chi connectivity index (χ3v) is 6.73. The van der Waals surface area contributed by atoms with Crippen LogP contribution in [0.25, 0.3) is 0 Å². The Morgan fingerprint density at radius 1 is 1.22 bits per heavy atom. The topological polar surface area (TPSA) is 78.5 Å². The largest absolute Gasteiger partial charge is 0.350 e. The Hall–Kier alpha value is -1.88. The summed E-state index contributed by atoms with van der Waals surface area (Å²) in [5, 5.41) is 3.01. The van der Waals surface area contributed by atoms with Crippen LogP contribution < -0.4 is 10.0 Å². The lowest BCUT2D eigenvalue weighted by molar-refractivity contribution is 0.0869. The normalized spacial score (nSPS) is 17.1. The molecule has 7 heteroatoms. The second-order valence-electron chi connectivity index (χ2n) is 7.27. The second kappa shape index (κ2) is 9.36. The first-order chi connectivity index (χ1) is 12.8. The number of amides is 1. The second-order valence-corrected chi connectivity index (χ2v) is 9.04. The van der Waals surface area contributed by atoms with Gasteiger partial charge in [-0.05, 0) is 45.1 Å². The van der Waals surface area contributed by atoms with Crippen molar-refractivity contribution in [1.29, 1.82) is 0 Å². The van der Waals surface area contributed by atoms with Crippen LogP contribution in [0.3, 0.4) is 0 Å². The van der Waals surface area contributed by atoms with Crippen LogP contribution in [0.15, 0.2) is 29.2 Å². The van der Waals surface area contributed by atoms with E-state index in [2.05, 4.69) is 35.0 Å². The predicted octanol–water partition coefficient (Wildman–Crippen LogP) is 1.98. The van der Waals surface area contributed by atoms with Crippen LogP contribution in [0, 0.1) is 12.3 Å². The molecule has 1 aromatic rings. The number of carbonyl (C=O) groups is 1. The molecule has 27 heavy (non-hydrogen) atoms. The average molecular weight is 392 g/mol. The number of nitrogens with one attached hydrogen (secondary N) is 2. The summed E-state index contributed by atoms with van der Waals surface area (Å²) < 4.78 is 26.7. The van der Waals surface area contributed by atoms with Gasteiger partial charge in [0.25, 0.3) is 5.91 Å². The Morgan fingerprint density at radius 3 is 2.48 bits per heavy atom. The van der Waals surface area contributed by atoms with Gasteiger partial charge < -0.3 is 10.2 Å². The van der Waals surface area contributed by atoms with E-state index < -0.39 is 10.0 Å². The quantitative estimate of drug-likeness (QED) is 0.550. The van der Waals surface area contributed by atoms with Gasteiger partial charge in [-0.3, -0.25) is 4.79 Å². The molecule has 2 N–H and O–H groups in total. The Bertz CT molecular complexity index is 789. The molecule has 0 aliphatic heterocycles. The Balaban J connectivity index is 2.11. The van der Waals surface area contributed by atoms with Gasteiger partial charge in [0.15, 0.2) is 0 Å². The lowest BCUT2D eigenvalue weighted by atomic mass is 9.88. The SMILES string of the molecule is C#CCNS(=O)(=O)c1cccc(C(=O)NCC2(N(C)C)CCCCCC2)c1. The van der Waals surface area contributed by atoms with Gasteiger partial charge in [0, 0.05) is 17.6 Å². The summed E-state index contributed by atoms with van der Waals surface area (Å²) in [4.78, 5) is 14.9. The minimum atomic E-state index is -3.72. The van der Waals surface area contributed by atoms with Crippen molar-refractivity contribution in [3.05, 3.63) is 29.8 Å². The van der Waals surface area contributed by atoms with Crippen LogP contribution in [0.4, 0.5) is 0 Å². The molecule has 0 aromatic heterocycles. The monoisotopic (exact) mass is 391 g/mol. The molecule has 1 fully saturated rings. The van der Waals surface area contributed by atoms with Gasteiger partial charge in [0.1, 0.15) is 0 Å². The maximum atomic E-state index is 12.7. The Morgan fingerprint density at radius 2 is 1.89 bits per heavy atom. The molecule has 0 unspecified atom stereocenters. The summed E-state index contributed by atoms with van der Waals surface area (Å²) in [7, 11) is 0.390. The molecule has 0 atom stereocenters. The molecule has 1 aromatic carbocycles. The van der Waals surface area contributed by atoms with Crippen molar-refractivity contribution in [2.75, 3.05) is 27.2 Å². The van der Waals surface area contributed by atoms with E-state index in [-0.39, 0.29) is 22.9 Å². The average Bonchev–Trinajstić information content (AvgIpc) is 2.91. The van der Waals surface area contributed by atoms with E-state index in [0.29, 0.717) is 12.1 Å². The summed E-state index contributed by atoms with van der Waals surface area (Å²) in [5.41, 5.74) is 0.269. The fourth-order valence-electron chi connectivity index (χ4n) is 3.54. The van der Waals surface area contributed by atoms with Gasteiger partial charge in [0.2, 0.25) is 10.0 Å². The number of sulfonamides is 1. The van der Waals surface area contributed by atoms with Crippen LogP contribution in [-0.4, -0.2) is 51.9 Å². The summed E-state index contributed by atoms with van der Waals surface area (Å²) in [6.07, 6.45) is 12.0. The lowest BCUT2D eigenvalue weighted by Gasteiger charge is -2.39. The highest BCUT2D eigenvalue weighted by molar-refractivity contribution is 7.89. The van der Waals surface area contributed by atoms with E-state index in [1.807, 2.05) is 0 Å². The van der Waals surface area contributed by atoms with Crippen molar-refractivity contribution >= 4 is 15.9 Å². The zero-order valence-corrected chi connectivity index (χ0v) is 16.9. The number of nitrogens with zero attached hydrogens (tertiary/aromatic N) is 1. The predicted molar refractivity (Wildman–Crippen MR) is 107 cm³/mol. The van der Waals surface area contributed by atoms with Gasteiger partial charge in [-0.15, -0.1) is 6.42 Å². The van der Waals surface area contributed by atoms with Crippen molar-refractivity contribution in [3.63, 3.8) is 0 Å². The fourth-order valence-corrected chi connectivity index (χ4v) is 4.52. The third kappa shape index (κ3) is 5.55. The van der Waals surface area contributed by atoms with E-state index in [4.69, 9.17) is 6.42 Å². The summed E-state index contributed by atoms with van der Waals surface area (Å²) in [6.45, 7) is 0.454. The van der Waals surface area contributed by atoms with Gasteiger partial charge in [0.05, 0.1) is 11.4 Å². The maximum absolute atomic E-state index is 12.7. The molecule has 1 aliphatic rings. The first-order valence-corrected chi connectivity index (χ1v) is 10.8. The molecule has 1 saturated carbocycles. The van der Waals surface area contributed by atoms with E-state index in [1.165, 1.54) is 25.0 Å². The van der Waals surface area contributed by atoms with Crippen molar-refractivity contribution < 1.29 is 13.2 Å². The highest BCUT2D eigenvalue weighted by atomic mass is 32.2. The zero-order chi connectivity index (χ0) is 19.9. The number of terminal acetylenes is 1. The highest BCUT2D eigenvalue weighted by Gasteiger charge is 2.33. The molecule has 0 spiro atoms. The first kappa shape index (κ1) is 21.4. The Labute approximate surface area is 162 Å². The third-order valence-electron chi connectivity index (χ3n) is 5.33. The van der Waals surface area contributed by atoms with Crippen LogP contribution >= 0.6 is 0 Å². The van der Waals surface area contributed by atoms with Gasteiger partial charge in [-0.1, -0.05) is 37.7 Å². The van der Waals surface area contributed by atoms with Crippen molar-refractivity contribution in [2.45, 2.75) is 49.0 Å². The Kier molecular flexibility index (Phi) is 7.42.